The predicted molar refractivity (Wildman–Crippen MR) is 61.3 cm³/mol. The summed E-state index contributed by atoms with van der Waals surface area (Å²) in [4.78, 5) is 0. The molecule has 1 aromatic carbocycles. The highest BCUT2D eigenvalue weighted by molar-refractivity contribution is 6.18. The Bertz CT molecular complexity index is 341. The van der Waals surface area contributed by atoms with Gasteiger partial charge in [0.25, 0.3) is 0 Å². The molecule has 82 valence electrons. The maximum atomic E-state index is 13.2. The van der Waals surface area contributed by atoms with Crippen LogP contribution in [0.5, 0.6) is 5.75 Å². The summed E-state index contributed by atoms with van der Waals surface area (Å²) in [6.07, 6.45) is 3.64. The first-order valence-corrected chi connectivity index (χ1v) is 5.09. The lowest BCUT2D eigenvalue weighted by atomic mass is 10.3. The van der Waals surface area contributed by atoms with Crippen molar-refractivity contribution in [2.24, 2.45) is 0 Å². The SMILES string of the molecule is COc1ccc(F)c(NC/C=C/CCl)c1. The fourth-order valence-electron chi connectivity index (χ4n) is 1.08. The van der Waals surface area contributed by atoms with Crippen LogP contribution >= 0.6 is 11.6 Å². The van der Waals surface area contributed by atoms with Crippen molar-refractivity contribution in [1.29, 1.82) is 0 Å². The van der Waals surface area contributed by atoms with E-state index in [1.54, 1.807) is 25.3 Å². The first kappa shape index (κ1) is 11.9. The molecule has 0 aliphatic carbocycles. The second-order valence-electron chi connectivity index (χ2n) is 2.85. The molecule has 1 rings (SSSR count). The first-order valence-electron chi connectivity index (χ1n) is 4.56. The van der Waals surface area contributed by atoms with E-state index in [9.17, 15) is 4.39 Å². The number of anilines is 1. The van der Waals surface area contributed by atoms with Gasteiger partial charge in [-0.25, -0.2) is 4.39 Å². The van der Waals surface area contributed by atoms with Gasteiger partial charge in [-0.05, 0) is 12.1 Å². The van der Waals surface area contributed by atoms with E-state index in [4.69, 9.17) is 16.3 Å². The van der Waals surface area contributed by atoms with Crippen LogP contribution in [0.4, 0.5) is 10.1 Å². The molecule has 0 fully saturated rings. The molecule has 0 atom stereocenters. The third kappa shape index (κ3) is 3.80. The molecule has 0 heterocycles. The summed E-state index contributed by atoms with van der Waals surface area (Å²) in [7, 11) is 1.55. The fourth-order valence-corrected chi connectivity index (χ4v) is 1.21. The second kappa shape index (κ2) is 6.30. The minimum atomic E-state index is -0.296. The number of hydrogen-bond acceptors (Lipinski definition) is 2. The van der Waals surface area contributed by atoms with E-state index in [0.717, 1.165) is 0 Å². The number of nitrogens with one attached hydrogen (secondary N) is 1. The first-order chi connectivity index (χ1) is 7.27. The molecule has 0 amide bonds. The van der Waals surface area contributed by atoms with E-state index in [2.05, 4.69) is 5.32 Å². The summed E-state index contributed by atoms with van der Waals surface area (Å²) in [5.74, 6) is 0.790. The Morgan fingerprint density at radius 1 is 1.47 bits per heavy atom. The molecular formula is C11H13ClFNO. The number of hydrogen-bond donors (Lipinski definition) is 1. The number of rotatable bonds is 5. The molecule has 0 aliphatic rings. The van der Waals surface area contributed by atoms with Crippen LogP contribution in [0.2, 0.25) is 0 Å². The average Bonchev–Trinajstić information content (AvgIpc) is 2.26. The molecular weight excluding hydrogens is 217 g/mol. The maximum absolute atomic E-state index is 13.2. The smallest absolute Gasteiger partial charge is 0.146 e. The van der Waals surface area contributed by atoms with Crippen LogP contribution < -0.4 is 10.1 Å². The normalized spacial score (nSPS) is 10.6. The van der Waals surface area contributed by atoms with E-state index in [1.165, 1.54) is 6.07 Å². The number of allylic oxidation sites excluding steroid dienone is 1. The maximum Gasteiger partial charge on any atom is 0.146 e. The van der Waals surface area contributed by atoms with Crippen molar-refractivity contribution >= 4 is 17.3 Å². The summed E-state index contributed by atoms with van der Waals surface area (Å²) in [5, 5.41) is 2.92. The van der Waals surface area contributed by atoms with Gasteiger partial charge in [-0.1, -0.05) is 12.2 Å². The van der Waals surface area contributed by atoms with Crippen molar-refractivity contribution in [2.75, 3.05) is 24.9 Å². The molecule has 0 aromatic heterocycles. The lowest BCUT2D eigenvalue weighted by Crippen LogP contribution is -2.01. The summed E-state index contributed by atoms with van der Waals surface area (Å²) < 4.78 is 18.2. The number of benzene rings is 1. The van der Waals surface area contributed by atoms with Crippen molar-refractivity contribution in [3.63, 3.8) is 0 Å². The zero-order valence-electron chi connectivity index (χ0n) is 8.47. The van der Waals surface area contributed by atoms with Gasteiger partial charge in [-0.2, -0.15) is 0 Å². The molecule has 1 aromatic rings. The van der Waals surface area contributed by atoms with Crippen molar-refractivity contribution in [1.82, 2.24) is 0 Å². The molecule has 0 unspecified atom stereocenters. The Morgan fingerprint density at radius 2 is 2.27 bits per heavy atom. The van der Waals surface area contributed by atoms with Crippen LogP contribution in [0.3, 0.4) is 0 Å². The van der Waals surface area contributed by atoms with Gasteiger partial charge in [0.15, 0.2) is 0 Å². The van der Waals surface area contributed by atoms with Crippen LogP contribution in [-0.2, 0) is 0 Å². The fraction of sp³-hybridized carbons (Fsp3) is 0.273. The zero-order chi connectivity index (χ0) is 11.1. The Morgan fingerprint density at radius 3 is 2.93 bits per heavy atom. The van der Waals surface area contributed by atoms with Crippen LogP contribution in [0.25, 0.3) is 0 Å². The second-order valence-corrected chi connectivity index (χ2v) is 3.16. The topological polar surface area (TPSA) is 21.3 Å². The van der Waals surface area contributed by atoms with E-state index in [0.29, 0.717) is 23.9 Å². The van der Waals surface area contributed by atoms with Crippen LogP contribution in [-0.4, -0.2) is 19.5 Å². The summed E-state index contributed by atoms with van der Waals surface area (Å²) >= 11 is 5.45. The van der Waals surface area contributed by atoms with E-state index >= 15 is 0 Å². The minimum absolute atomic E-state index is 0.296. The van der Waals surface area contributed by atoms with E-state index in [1.807, 2.05) is 6.08 Å². The van der Waals surface area contributed by atoms with Gasteiger partial charge in [0.2, 0.25) is 0 Å². The quantitative estimate of drug-likeness (QED) is 0.619. The minimum Gasteiger partial charge on any atom is -0.497 e. The molecule has 15 heavy (non-hydrogen) atoms. The highest BCUT2D eigenvalue weighted by atomic mass is 35.5. The van der Waals surface area contributed by atoms with Crippen molar-refractivity contribution in [3.05, 3.63) is 36.2 Å². The molecule has 0 aliphatic heterocycles. The standard InChI is InChI=1S/C11H13ClFNO/c1-15-9-4-5-10(13)11(8-9)14-7-3-2-6-12/h2-5,8,14H,6-7H2,1H3/b3-2+. The monoisotopic (exact) mass is 229 g/mol. The highest BCUT2D eigenvalue weighted by Gasteiger charge is 2.01. The molecule has 0 radical (unpaired) electrons. The molecule has 2 nitrogen and oxygen atoms in total. The summed E-state index contributed by atoms with van der Waals surface area (Å²) in [6, 6.07) is 4.56. The highest BCUT2D eigenvalue weighted by Crippen LogP contribution is 2.20. The van der Waals surface area contributed by atoms with E-state index in [-0.39, 0.29) is 5.82 Å². The van der Waals surface area contributed by atoms with Crippen molar-refractivity contribution in [3.8, 4) is 5.75 Å². The molecule has 0 saturated heterocycles. The summed E-state index contributed by atoms with van der Waals surface area (Å²) in [5.41, 5.74) is 0.425. The van der Waals surface area contributed by atoms with Gasteiger partial charge < -0.3 is 10.1 Å². The average molecular weight is 230 g/mol. The number of halogens is 2. The Hall–Kier alpha value is -1.22. The zero-order valence-corrected chi connectivity index (χ0v) is 9.22. The van der Waals surface area contributed by atoms with Crippen LogP contribution in [0.1, 0.15) is 0 Å². The van der Waals surface area contributed by atoms with Crippen LogP contribution in [0.15, 0.2) is 30.4 Å². The Labute approximate surface area is 93.7 Å². The molecule has 1 N–H and O–H groups in total. The van der Waals surface area contributed by atoms with E-state index < -0.39 is 0 Å². The van der Waals surface area contributed by atoms with Gasteiger partial charge in [0.05, 0.1) is 12.8 Å². The largest absolute Gasteiger partial charge is 0.497 e. The lowest BCUT2D eigenvalue weighted by Gasteiger charge is -2.07. The lowest BCUT2D eigenvalue weighted by molar-refractivity contribution is 0.414. The van der Waals surface area contributed by atoms with Crippen molar-refractivity contribution in [2.45, 2.75) is 0 Å². The number of alkyl halides is 1. The van der Waals surface area contributed by atoms with Crippen LogP contribution in [0, 0.1) is 5.82 Å². The third-order valence-electron chi connectivity index (χ3n) is 1.84. The van der Waals surface area contributed by atoms with Gasteiger partial charge >= 0.3 is 0 Å². The van der Waals surface area contributed by atoms with Gasteiger partial charge in [-0.3, -0.25) is 0 Å². The van der Waals surface area contributed by atoms with Gasteiger partial charge in [-0.15, -0.1) is 11.6 Å². The molecule has 4 heteroatoms. The third-order valence-corrected chi connectivity index (χ3v) is 2.02. The number of ether oxygens (including phenoxy) is 1. The predicted octanol–water partition coefficient (Wildman–Crippen LogP) is 3.04. The molecule has 0 spiro atoms. The Balaban J connectivity index is 2.62. The summed E-state index contributed by atoms with van der Waals surface area (Å²) in [6.45, 7) is 0.538. The number of methoxy groups -OCH3 is 1. The van der Waals surface area contributed by atoms with Gasteiger partial charge in [0.1, 0.15) is 11.6 Å². The molecule has 0 bridgehead atoms. The Kier molecular flexibility index (Phi) is 4.98. The molecule has 0 saturated carbocycles. The van der Waals surface area contributed by atoms with Gasteiger partial charge in [0, 0.05) is 18.5 Å². The van der Waals surface area contributed by atoms with Crippen molar-refractivity contribution < 1.29 is 9.13 Å².